The van der Waals surface area contributed by atoms with Crippen LogP contribution in [0.2, 0.25) is 0 Å². The Hall–Kier alpha value is -4.79. The zero-order chi connectivity index (χ0) is 27.8. The van der Waals surface area contributed by atoms with Crippen LogP contribution in [-0.2, 0) is 14.3 Å². The second kappa shape index (κ2) is 10.2. The molecule has 200 valence electrons. The first-order valence-corrected chi connectivity index (χ1v) is 12.5. The number of Topliss-reactive ketones (excluding diaryl/α,β-unsaturated/α-hetero) is 1. The zero-order valence-corrected chi connectivity index (χ0v) is 21.7. The van der Waals surface area contributed by atoms with Crippen LogP contribution < -0.4 is 14.5 Å². The standard InChI is InChI=1S/C30H28N2O7/c1-17(2)39-30(37)20-5-4-6-21(15-20)32-26(18-7-10-22(33)11-8-18)25(28(35)29(32)36)27(34)19-9-12-24-23(16-19)31(3)13-14-38-24/h4-12,15-17,26,33-34H,13-14H2,1-3H3/b27-25-. The van der Waals surface area contributed by atoms with Gasteiger partial charge in [0.25, 0.3) is 11.7 Å². The van der Waals surface area contributed by atoms with E-state index in [0.29, 0.717) is 30.0 Å². The van der Waals surface area contributed by atoms with E-state index in [1.54, 1.807) is 62.4 Å². The second-order valence-corrected chi connectivity index (χ2v) is 9.72. The number of rotatable bonds is 5. The summed E-state index contributed by atoms with van der Waals surface area (Å²) in [6.45, 7) is 4.65. The van der Waals surface area contributed by atoms with Crippen LogP contribution in [0.1, 0.15) is 41.4 Å². The van der Waals surface area contributed by atoms with E-state index >= 15 is 0 Å². The number of benzene rings is 3. The number of ether oxygens (including phenoxy) is 2. The molecule has 0 aliphatic carbocycles. The number of carbonyl (C=O) groups excluding carboxylic acids is 3. The van der Waals surface area contributed by atoms with Gasteiger partial charge in [-0.15, -0.1) is 0 Å². The molecule has 1 fully saturated rings. The lowest BCUT2D eigenvalue weighted by molar-refractivity contribution is -0.132. The van der Waals surface area contributed by atoms with Crippen molar-refractivity contribution in [1.29, 1.82) is 0 Å². The Kier molecular flexibility index (Phi) is 6.74. The van der Waals surface area contributed by atoms with Crippen molar-refractivity contribution < 1.29 is 34.1 Å². The van der Waals surface area contributed by atoms with Gasteiger partial charge in [-0.05, 0) is 67.9 Å². The molecule has 1 unspecified atom stereocenters. The first kappa shape index (κ1) is 25.8. The highest BCUT2D eigenvalue weighted by atomic mass is 16.5. The van der Waals surface area contributed by atoms with Gasteiger partial charge in [-0.3, -0.25) is 14.5 Å². The summed E-state index contributed by atoms with van der Waals surface area (Å²) in [6.07, 6.45) is -0.339. The number of aliphatic hydroxyl groups is 1. The molecule has 2 N–H and O–H groups in total. The molecule has 0 radical (unpaired) electrons. The first-order chi connectivity index (χ1) is 18.7. The minimum absolute atomic E-state index is 0.00635. The highest BCUT2D eigenvalue weighted by Crippen LogP contribution is 2.43. The molecule has 2 aliphatic rings. The minimum Gasteiger partial charge on any atom is -0.508 e. The SMILES string of the molecule is CC(C)OC(=O)c1cccc(N2C(=O)C(=O)/C(=C(\O)c3ccc4c(c3)N(C)CCO4)C2c2ccc(O)cc2)c1. The molecular formula is C30H28N2O7. The summed E-state index contributed by atoms with van der Waals surface area (Å²) in [5.41, 5.74) is 1.97. The van der Waals surface area contributed by atoms with Gasteiger partial charge in [0, 0.05) is 18.3 Å². The van der Waals surface area contributed by atoms with E-state index in [4.69, 9.17) is 9.47 Å². The van der Waals surface area contributed by atoms with Crippen molar-refractivity contribution in [2.24, 2.45) is 0 Å². The molecule has 1 amide bonds. The lowest BCUT2D eigenvalue weighted by atomic mass is 9.94. The summed E-state index contributed by atoms with van der Waals surface area (Å²) >= 11 is 0. The highest BCUT2D eigenvalue weighted by molar-refractivity contribution is 6.51. The van der Waals surface area contributed by atoms with Gasteiger partial charge in [0.05, 0.1) is 35.5 Å². The summed E-state index contributed by atoms with van der Waals surface area (Å²) in [4.78, 5) is 42.8. The third kappa shape index (κ3) is 4.79. The summed E-state index contributed by atoms with van der Waals surface area (Å²) < 4.78 is 11.0. The lowest BCUT2D eigenvalue weighted by Gasteiger charge is -2.28. The average molecular weight is 529 g/mol. The number of esters is 1. The largest absolute Gasteiger partial charge is 0.508 e. The minimum atomic E-state index is -1.02. The average Bonchev–Trinajstić information content (AvgIpc) is 3.18. The molecule has 39 heavy (non-hydrogen) atoms. The predicted octanol–water partition coefficient (Wildman–Crippen LogP) is 4.41. The van der Waals surface area contributed by atoms with Crippen molar-refractivity contribution in [3.8, 4) is 11.5 Å². The first-order valence-electron chi connectivity index (χ1n) is 12.5. The van der Waals surface area contributed by atoms with Crippen LogP contribution in [-0.4, -0.2) is 54.2 Å². The van der Waals surface area contributed by atoms with Gasteiger partial charge in [0.1, 0.15) is 23.9 Å². The number of ketones is 1. The molecule has 0 aromatic heterocycles. The molecule has 2 heterocycles. The number of phenolic OH excluding ortho intramolecular Hbond substituents is 1. The lowest BCUT2D eigenvalue weighted by Crippen LogP contribution is -2.29. The van der Waals surface area contributed by atoms with Crippen LogP contribution >= 0.6 is 0 Å². The number of anilines is 2. The van der Waals surface area contributed by atoms with Crippen LogP contribution in [0, 0.1) is 0 Å². The molecule has 1 saturated heterocycles. The van der Waals surface area contributed by atoms with E-state index in [9.17, 15) is 24.6 Å². The maximum Gasteiger partial charge on any atom is 0.338 e. The molecule has 9 heteroatoms. The molecule has 1 atom stereocenters. The summed E-state index contributed by atoms with van der Waals surface area (Å²) in [5.74, 6) is -1.98. The Bertz CT molecular complexity index is 1490. The van der Waals surface area contributed by atoms with Crippen molar-refractivity contribution in [1.82, 2.24) is 0 Å². The fourth-order valence-corrected chi connectivity index (χ4v) is 4.79. The highest BCUT2D eigenvalue weighted by Gasteiger charge is 2.47. The predicted molar refractivity (Wildman–Crippen MR) is 145 cm³/mol. The number of nitrogens with zero attached hydrogens (tertiary/aromatic N) is 2. The number of amides is 1. The fraction of sp³-hybridized carbons (Fsp3) is 0.233. The summed E-state index contributed by atoms with van der Waals surface area (Å²) in [7, 11) is 1.90. The molecule has 0 bridgehead atoms. The van der Waals surface area contributed by atoms with Gasteiger partial charge < -0.3 is 24.6 Å². The van der Waals surface area contributed by atoms with E-state index < -0.39 is 23.7 Å². The van der Waals surface area contributed by atoms with Crippen LogP contribution in [0.4, 0.5) is 11.4 Å². The molecule has 0 spiro atoms. The Morgan fingerprint density at radius 3 is 2.49 bits per heavy atom. The smallest absolute Gasteiger partial charge is 0.338 e. The quantitative estimate of drug-likeness (QED) is 0.217. The van der Waals surface area contributed by atoms with E-state index in [0.717, 1.165) is 5.69 Å². The number of hydrogen-bond donors (Lipinski definition) is 2. The number of phenols is 1. The van der Waals surface area contributed by atoms with Crippen LogP contribution in [0.3, 0.4) is 0 Å². The van der Waals surface area contributed by atoms with Crippen molar-refractivity contribution in [2.45, 2.75) is 26.0 Å². The van der Waals surface area contributed by atoms with E-state index in [-0.39, 0.29) is 34.4 Å². The zero-order valence-electron chi connectivity index (χ0n) is 21.7. The number of carbonyl (C=O) groups is 3. The van der Waals surface area contributed by atoms with E-state index in [1.165, 1.54) is 23.1 Å². The number of aromatic hydroxyl groups is 1. The van der Waals surface area contributed by atoms with Gasteiger partial charge in [-0.1, -0.05) is 18.2 Å². The Morgan fingerprint density at radius 2 is 1.77 bits per heavy atom. The fourth-order valence-electron chi connectivity index (χ4n) is 4.79. The number of hydrogen-bond acceptors (Lipinski definition) is 8. The van der Waals surface area contributed by atoms with Gasteiger partial charge in [0.15, 0.2) is 0 Å². The van der Waals surface area contributed by atoms with Crippen LogP contribution in [0.25, 0.3) is 5.76 Å². The van der Waals surface area contributed by atoms with Gasteiger partial charge in [-0.2, -0.15) is 0 Å². The molecule has 2 aliphatic heterocycles. The Morgan fingerprint density at radius 1 is 1.03 bits per heavy atom. The van der Waals surface area contributed by atoms with Crippen LogP contribution in [0.5, 0.6) is 11.5 Å². The molecular weight excluding hydrogens is 500 g/mol. The third-order valence-electron chi connectivity index (χ3n) is 6.68. The number of likely N-dealkylation sites (N-methyl/N-ethyl adjacent to an activating group) is 1. The number of fused-ring (bicyclic) bond motifs is 1. The van der Waals surface area contributed by atoms with E-state index in [2.05, 4.69) is 0 Å². The molecule has 0 saturated carbocycles. The van der Waals surface area contributed by atoms with E-state index in [1.807, 2.05) is 11.9 Å². The van der Waals surface area contributed by atoms with Crippen molar-refractivity contribution in [2.75, 3.05) is 30.0 Å². The molecule has 3 aromatic rings. The monoisotopic (exact) mass is 528 g/mol. The van der Waals surface area contributed by atoms with Crippen molar-refractivity contribution in [3.05, 3.63) is 89.0 Å². The van der Waals surface area contributed by atoms with Gasteiger partial charge >= 0.3 is 5.97 Å². The number of aliphatic hydroxyl groups excluding tert-OH is 1. The maximum atomic E-state index is 13.5. The maximum absolute atomic E-state index is 13.5. The summed E-state index contributed by atoms with van der Waals surface area (Å²) in [6, 6.07) is 16.3. The summed E-state index contributed by atoms with van der Waals surface area (Å²) in [5, 5.41) is 21.4. The van der Waals surface area contributed by atoms with Gasteiger partial charge in [0.2, 0.25) is 0 Å². The molecule has 9 nitrogen and oxygen atoms in total. The van der Waals surface area contributed by atoms with Crippen molar-refractivity contribution >= 4 is 34.8 Å². The Labute approximate surface area is 225 Å². The second-order valence-electron chi connectivity index (χ2n) is 9.72. The third-order valence-corrected chi connectivity index (χ3v) is 6.68. The Balaban J connectivity index is 1.66. The normalized spacial score (nSPS) is 18.2. The van der Waals surface area contributed by atoms with Crippen molar-refractivity contribution in [3.63, 3.8) is 0 Å². The molecule has 3 aromatic carbocycles. The van der Waals surface area contributed by atoms with Crippen LogP contribution in [0.15, 0.2) is 72.3 Å². The van der Waals surface area contributed by atoms with Gasteiger partial charge in [-0.25, -0.2) is 4.79 Å². The molecule has 5 rings (SSSR count). The topological polar surface area (TPSA) is 117 Å².